The van der Waals surface area contributed by atoms with E-state index in [1.165, 1.54) is 17.7 Å². The Balaban J connectivity index is 1.89. The molecule has 2 heterocycles. The molecule has 2 N–H and O–H groups in total. The average Bonchev–Trinajstić information content (AvgIpc) is 3.09. The SMILES string of the molecule is CNCCC(=O)NCC(c1cccs1)N1CCCC1. The maximum atomic E-state index is 11.7. The number of nitrogens with one attached hydrogen (secondary N) is 2. The maximum Gasteiger partial charge on any atom is 0.221 e. The van der Waals surface area contributed by atoms with Crippen molar-refractivity contribution in [3.8, 4) is 0 Å². The highest BCUT2D eigenvalue weighted by atomic mass is 32.1. The summed E-state index contributed by atoms with van der Waals surface area (Å²) in [5, 5.41) is 8.18. The molecule has 0 aromatic carbocycles. The summed E-state index contributed by atoms with van der Waals surface area (Å²) >= 11 is 1.78. The minimum absolute atomic E-state index is 0.134. The van der Waals surface area contributed by atoms with Crippen LogP contribution in [0.3, 0.4) is 0 Å². The molecule has 1 aromatic heterocycles. The van der Waals surface area contributed by atoms with Crippen LogP contribution in [0, 0.1) is 0 Å². The second kappa shape index (κ2) is 7.62. The topological polar surface area (TPSA) is 44.4 Å². The molecule has 0 spiro atoms. The van der Waals surface area contributed by atoms with E-state index in [1.54, 1.807) is 11.3 Å². The summed E-state index contributed by atoms with van der Waals surface area (Å²) in [5.41, 5.74) is 0. The van der Waals surface area contributed by atoms with Gasteiger partial charge in [-0.25, -0.2) is 0 Å². The van der Waals surface area contributed by atoms with E-state index in [9.17, 15) is 4.79 Å². The number of hydrogen-bond acceptors (Lipinski definition) is 4. The van der Waals surface area contributed by atoms with Crippen LogP contribution < -0.4 is 10.6 Å². The van der Waals surface area contributed by atoms with E-state index in [1.807, 2.05) is 7.05 Å². The molecular formula is C14H23N3OS. The Bertz CT molecular complexity index is 374. The number of hydrogen-bond donors (Lipinski definition) is 2. The van der Waals surface area contributed by atoms with Crippen LogP contribution >= 0.6 is 11.3 Å². The molecule has 1 unspecified atom stereocenters. The lowest BCUT2D eigenvalue weighted by atomic mass is 10.2. The molecule has 1 saturated heterocycles. The van der Waals surface area contributed by atoms with Crippen molar-refractivity contribution in [3.63, 3.8) is 0 Å². The Kier molecular flexibility index (Phi) is 5.82. The van der Waals surface area contributed by atoms with E-state index in [0.717, 1.165) is 26.2 Å². The summed E-state index contributed by atoms with van der Waals surface area (Å²) in [5.74, 6) is 0.134. The normalized spacial score (nSPS) is 17.5. The monoisotopic (exact) mass is 281 g/mol. The van der Waals surface area contributed by atoms with Crippen LogP contribution in [0.4, 0.5) is 0 Å². The molecule has 5 heteroatoms. The first kappa shape index (κ1) is 14.5. The Hall–Kier alpha value is -0.910. The van der Waals surface area contributed by atoms with Crippen molar-refractivity contribution in [2.24, 2.45) is 0 Å². The van der Waals surface area contributed by atoms with E-state index in [4.69, 9.17) is 0 Å². The van der Waals surface area contributed by atoms with Gasteiger partial charge in [-0.2, -0.15) is 0 Å². The van der Waals surface area contributed by atoms with E-state index >= 15 is 0 Å². The van der Waals surface area contributed by atoms with Crippen molar-refractivity contribution in [2.75, 3.05) is 33.2 Å². The van der Waals surface area contributed by atoms with Crippen LogP contribution in [0.25, 0.3) is 0 Å². The van der Waals surface area contributed by atoms with Crippen LogP contribution in [-0.4, -0.2) is 44.0 Å². The van der Waals surface area contributed by atoms with Gasteiger partial charge in [0.1, 0.15) is 0 Å². The van der Waals surface area contributed by atoms with Gasteiger partial charge in [-0.1, -0.05) is 6.07 Å². The maximum absolute atomic E-state index is 11.7. The predicted octanol–water partition coefficient (Wildman–Crippen LogP) is 1.61. The molecule has 1 aliphatic rings. The van der Waals surface area contributed by atoms with E-state index < -0.39 is 0 Å². The minimum atomic E-state index is 0.134. The fourth-order valence-corrected chi connectivity index (χ4v) is 3.34. The summed E-state index contributed by atoms with van der Waals surface area (Å²) < 4.78 is 0. The third-order valence-corrected chi connectivity index (χ3v) is 4.52. The van der Waals surface area contributed by atoms with Crippen molar-refractivity contribution in [1.82, 2.24) is 15.5 Å². The Morgan fingerprint density at radius 3 is 2.89 bits per heavy atom. The lowest BCUT2D eigenvalue weighted by Crippen LogP contribution is -2.37. The molecule has 1 aliphatic heterocycles. The van der Waals surface area contributed by atoms with Crippen molar-refractivity contribution >= 4 is 17.2 Å². The van der Waals surface area contributed by atoms with Gasteiger partial charge >= 0.3 is 0 Å². The molecule has 1 aromatic rings. The third-order valence-electron chi connectivity index (χ3n) is 3.55. The van der Waals surface area contributed by atoms with Gasteiger partial charge in [-0.05, 0) is 44.4 Å². The Labute approximate surface area is 119 Å². The summed E-state index contributed by atoms with van der Waals surface area (Å²) in [6.07, 6.45) is 3.10. The highest BCUT2D eigenvalue weighted by Gasteiger charge is 2.24. The standard InChI is InChI=1S/C14H23N3OS/c1-15-7-6-14(18)16-11-12(13-5-4-10-19-13)17-8-2-3-9-17/h4-5,10,12,15H,2-3,6-9,11H2,1H3,(H,16,18). The molecule has 0 aliphatic carbocycles. The van der Waals surface area contributed by atoms with Crippen LogP contribution in [0.2, 0.25) is 0 Å². The molecule has 106 valence electrons. The van der Waals surface area contributed by atoms with Gasteiger partial charge in [0.05, 0.1) is 6.04 Å². The fourth-order valence-electron chi connectivity index (χ4n) is 2.48. The lowest BCUT2D eigenvalue weighted by Gasteiger charge is -2.26. The highest BCUT2D eigenvalue weighted by Crippen LogP contribution is 2.27. The number of carbonyl (C=O) groups excluding carboxylic acids is 1. The van der Waals surface area contributed by atoms with Gasteiger partial charge in [0, 0.05) is 24.4 Å². The number of thiophene rings is 1. The fraction of sp³-hybridized carbons (Fsp3) is 0.643. The minimum Gasteiger partial charge on any atom is -0.354 e. The molecule has 0 radical (unpaired) electrons. The molecule has 0 bridgehead atoms. The van der Waals surface area contributed by atoms with Crippen molar-refractivity contribution in [2.45, 2.75) is 25.3 Å². The van der Waals surface area contributed by atoms with Crippen molar-refractivity contribution in [3.05, 3.63) is 22.4 Å². The summed E-state index contributed by atoms with van der Waals surface area (Å²) in [4.78, 5) is 15.6. The zero-order valence-corrected chi connectivity index (χ0v) is 12.3. The zero-order chi connectivity index (χ0) is 13.5. The summed E-state index contributed by atoms with van der Waals surface area (Å²) in [7, 11) is 1.87. The molecule has 1 atom stereocenters. The van der Waals surface area contributed by atoms with Gasteiger partial charge in [-0.3, -0.25) is 9.69 Å². The highest BCUT2D eigenvalue weighted by molar-refractivity contribution is 7.10. The number of nitrogens with zero attached hydrogens (tertiary/aromatic N) is 1. The molecular weight excluding hydrogens is 258 g/mol. The number of likely N-dealkylation sites (tertiary alicyclic amines) is 1. The van der Waals surface area contributed by atoms with Crippen LogP contribution in [-0.2, 0) is 4.79 Å². The third kappa shape index (κ3) is 4.30. The van der Waals surface area contributed by atoms with E-state index in [0.29, 0.717) is 12.5 Å². The summed E-state index contributed by atoms with van der Waals surface area (Å²) in [6.45, 7) is 3.76. The first-order valence-corrected chi connectivity index (χ1v) is 7.88. The zero-order valence-electron chi connectivity index (χ0n) is 11.5. The number of carbonyl (C=O) groups is 1. The first-order valence-electron chi connectivity index (χ1n) is 7.00. The molecule has 0 saturated carbocycles. The Morgan fingerprint density at radius 2 is 2.26 bits per heavy atom. The molecule has 1 fully saturated rings. The first-order chi connectivity index (χ1) is 9.31. The largest absolute Gasteiger partial charge is 0.354 e. The number of rotatable bonds is 7. The van der Waals surface area contributed by atoms with Crippen molar-refractivity contribution in [1.29, 1.82) is 0 Å². The lowest BCUT2D eigenvalue weighted by molar-refractivity contribution is -0.121. The average molecular weight is 281 g/mol. The smallest absolute Gasteiger partial charge is 0.221 e. The van der Waals surface area contributed by atoms with Gasteiger partial charge in [0.15, 0.2) is 0 Å². The van der Waals surface area contributed by atoms with Gasteiger partial charge < -0.3 is 10.6 Å². The second-order valence-electron chi connectivity index (χ2n) is 4.93. The number of amides is 1. The Morgan fingerprint density at radius 1 is 1.47 bits per heavy atom. The predicted molar refractivity (Wildman–Crippen MR) is 79.4 cm³/mol. The quantitative estimate of drug-likeness (QED) is 0.798. The molecule has 2 rings (SSSR count). The van der Waals surface area contributed by atoms with Gasteiger partial charge in [0.2, 0.25) is 5.91 Å². The van der Waals surface area contributed by atoms with E-state index in [-0.39, 0.29) is 5.91 Å². The van der Waals surface area contributed by atoms with Gasteiger partial charge in [-0.15, -0.1) is 11.3 Å². The molecule has 1 amide bonds. The van der Waals surface area contributed by atoms with E-state index in [2.05, 4.69) is 33.0 Å². The molecule has 19 heavy (non-hydrogen) atoms. The summed E-state index contributed by atoms with van der Waals surface area (Å²) in [6, 6.07) is 4.61. The van der Waals surface area contributed by atoms with Gasteiger partial charge in [0.25, 0.3) is 0 Å². The van der Waals surface area contributed by atoms with Crippen LogP contribution in [0.1, 0.15) is 30.2 Å². The van der Waals surface area contributed by atoms with Crippen LogP contribution in [0.15, 0.2) is 17.5 Å². The molecule has 4 nitrogen and oxygen atoms in total. The second-order valence-corrected chi connectivity index (χ2v) is 5.91. The van der Waals surface area contributed by atoms with Crippen molar-refractivity contribution < 1.29 is 4.79 Å². The van der Waals surface area contributed by atoms with Crippen LogP contribution in [0.5, 0.6) is 0 Å².